The molecule has 1 saturated heterocycles. The number of aryl methyl sites for hydroxylation is 3. The molecule has 0 unspecified atom stereocenters. The van der Waals surface area contributed by atoms with Crippen LogP contribution in [0.3, 0.4) is 0 Å². The van der Waals surface area contributed by atoms with E-state index in [-0.39, 0.29) is 11.5 Å². The summed E-state index contributed by atoms with van der Waals surface area (Å²) in [5, 5.41) is 2.94. The second kappa shape index (κ2) is 8.61. The zero-order chi connectivity index (χ0) is 20.2. The van der Waals surface area contributed by atoms with E-state index in [1.807, 2.05) is 48.7 Å². The molecule has 3 aromatic rings. The van der Waals surface area contributed by atoms with Crippen LogP contribution in [0.2, 0.25) is 0 Å². The average molecular weight is 409 g/mol. The molecule has 1 amide bonds. The highest BCUT2D eigenvalue weighted by molar-refractivity contribution is 7.13. The predicted octanol–water partition coefficient (Wildman–Crippen LogP) is 2.82. The zero-order valence-corrected chi connectivity index (χ0v) is 17.3. The van der Waals surface area contributed by atoms with Crippen LogP contribution in [0.25, 0.3) is 0 Å². The molecule has 2 aromatic heterocycles. The highest BCUT2D eigenvalue weighted by atomic mass is 32.1. The third-order valence-corrected chi connectivity index (χ3v) is 6.16. The van der Waals surface area contributed by atoms with E-state index in [0.717, 1.165) is 30.2 Å². The van der Waals surface area contributed by atoms with Crippen LogP contribution in [0.5, 0.6) is 0 Å². The van der Waals surface area contributed by atoms with E-state index in [9.17, 15) is 9.59 Å². The Bertz CT molecular complexity index is 1020. The number of carbonyl (C=O) groups excluding carboxylic acids is 1. The molecule has 0 aliphatic carbocycles. The fourth-order valence-corrected chi connectivity index (χ4v) is 4.32. The molecule has 1 aliphatic heterocycles. The van der Waals surface area contributed by atoms with Gasteiger partial charge >= 0.3 is 0 Å². The molecule has 0 spiro atoms. The number of thiazole rings is 1. The maximum Gasteiger partial charge on any atom is 0.263 e. The van der Waals surface area contributed by atoms with Gasteiger partial charge in [-0.15, -0.1) is 11.3 Å². The summed E-state index contributed by atoms with van der Waals surface area (Å²) >= 11 is 1.60. The Morgan fingerprint density at radius 1 is 1.10 bits per heavy atom. The van der Waals surface area contributed by atoms with Gasteiger partial charge < -0.3 is 14.4 Å². The lowest BCUT2D eigenvalue weighted by Crippen LogP contribution is -2.50. The van der Waals surface area contributed by atoms with Crippen LogP contribution < -0.4 is 10.5 Å². The fourth-order valence-electron chi connectivity index (χ4n) is 3.63. The SMILES string of the molecule is Cc1ccn(CCc2ccccc2)c(=O)c1C(=O)N1CCN(c2nccs2)CC1. The van der Waals surface area contributed by atoms with Gasteiger partial charge in [-0.3, -0.25) is 9.59 Å². The van der Waals surface area contributed by atoms with Gasteiger partial charge in [0.15, 0.2) is 5.13 Å². The Balaban J connectivity index is 1.47. The van der Waals surface area contributed by atoms with Gasteiger partial charge in [-0.2, -0.15) is 0 Å². The summed E-state index contributed by atoms with van der Waals surface area (Å²) in [6.07, 6.45) is 4.34. The number of hydrogen-bond donors (Lipinski definition) is 0. The minimum absolute atomic E-state index is 0.166. The standard InChI is InChI=1S/C22H24N4O2S/c1-17-7-10-24(11-8-18-5-3-2-4-6-18)20(27)19(17)21(28)25-12-14-26(15-13-25)22-23-9-16-29-22/h2-7,9-10,16H,8,11-15H2,1H3. The van der Waals surface area contributed by atoms with Crippen molar-refractivity contribution in [3.8, 4) is 0 Å². The molecule has 29 heavy (non-hydrogen) atoms. The Morgan fingerprint density at radius 2 is 1.86 bits per heavy atom. The molecule has 1 fully saturated rings. The summed E-state index contributed by atoms with van der Waals surface area (Å²) in [4.78, 5) is 34.5. The summed E-state index contributed by atoms with van der Waals surface area (Å²) in [5.74, 6) is -0.166. The first kappa shape index (κ1) is 19.4. The second-order valence-electron chi connectivity index (χ2n) is 7.20. The van der Waals surface area contributed by atoms with Gasteiger partial charge in [-0.05, 0) is 30.5 Å². The first-order chi connectivity index (χ1) is 14.1. The lowest BCUT2D eigenvalue weighted by atomic mass is 10.1. The van der Waals surface area contributed by atoms with Crippen LogP contribution in [0.1, 0.15) is 21.5 Å². The lowest BCUT2D eigenvalue weighted by Gasteiger charge is -2.34. The second-order valence-corrected chi connectivity index (χ2v) is 8.07. The first-order valence-electron chi connectivity index (χ1n) is 9.81. The smallest absolute Gasteiger partial charge is 0.263 e. The van der Waals surface area contributed by atoms with Crippen molar-refractivity contribution in [2.45, 2.75) is 19.9 Å². The molecule has 150 valence electrons. The monoisotopic (exact) mass is 408 g/mol. The van der Waals surface area contributed by atoms with Gasteiger partial charge in [-0.1, -0.05) is 30.3 Å². The number of piperazine rings is 1. The summed E-state index contributed by atoms with van der Waals surface area (Å²) in [5.41, 5.74) is 2.00. The molecule has 0 N–H and O–H groups in total. The number of hydrogen-bond acceptors (Lipinski definition) is 5. The van der Waals surface area contributed by atoms with E-state index >= 15 is 0 Å². The lowest BCUT2D eigenvalue weighted by molar-refractivity contribution is 0.0743. The largest absolute Gasteiger partial charge is 0.345 e. The first-order valence-corrected chi connectivity index (χ1v) is 10.7. The molecule has 6 nitrogen and oxygen atoms in total. The van der Waals surface area contributed by atoms with Crippen molar-refractivity contribution < 1.29 is 4.79 Å². The number of amides is 1. The summed E-state index contributed by atoms with van der Waals surface area (Å²) < 4.78 is 1.65. The van der Waals surface area contributed by atoms with Gasteiger partial charge in [0, 0.05) is 50.5 Å². The third-order valence-electron chi connectivity index (χ3n) is 5.33. The molecule has 0 saturated carbocycles. The normalized spacial score (nSPS) is 14.2. The van der Waals surface area contributed by atoms with Crippen LogP contribution in [-0.2, 0) is 13.0 Å². The molecule has 4 rings (SSSR count). The van der Waals surface area contributed by atoms with E-state index in [0.29, 0.717) is 25.2 Å². The number of anilines is 1. The minimum atomic E-state index is -0.201. The third kappa shape index (κ3) is 4.24. The molecule has 3 heterocycles. The molecular formula is C22H24N4O2S. The molecule has 0 bridgehead atoms. The number of nitrogens with zero attached hydrogens (tertiary/aromatic N) is 4. The number of carbonyl (C=O) groups is 1. The number of rotatable bonds is 5. The molecule has 7 heteroatoms. The Hall–Kier alpha value is -2.93. The average Bonchev–Trinajstić information content (AvgIpc) is 3.29. The number of aromatic nitrogens is 2. The summed E-state index contributed by atoms with van der Waals surface area (Å²) in [6.45, 7) is 5.04. The van der Waals surface area contributed by atoms with Gasteiger partial charge in [-0.25, -0.2) is 4.98 Å². The van der Waals surface area contributed by atoms with Crippen LogP contribution >= 0.6 is 11.3 Å². The van der Waals surface area contributed by atoms with Crippen LogP contribution in [0.15, 0.2) is 59.0 Å². The van der Waals surface area contributed by atoms with Crippen molar-refractivity contribution in [1.82, 2.24) is 14.5 Å². The Morgan fingerprint density at radius 3 is 2.55 bits per heavy atom. The van der Waals surface area contributed by atoms with E-state index in [4.69, 9.17) is 0 Å². The van der Waals surface area contributed by atoms with Crippen molar-refractivity contribution >= 4 is 22.4 Å². The van der Waals surface area contributed by atoms with Crippen LogP contribution in [0.4, 0.5) is 5.13 Å². The highest BCUT2D eigenvalue weighted by Crippen LogP contribution is 2.19. The van der Waals surface area contributed by atoms with E-state index in [1.54, 1.807) is 33.2 Å². The van der Waals surface area contributed by atoms with Crippen LogP contribution in [0, 0.1) is 6.92 Å². The Kier molecular flexibility index (Phi) is 5.76. The van der Waals surface area contributed by atoms with E-state index in [1.165, 1.54) is 5.56 Å². The highest BCUT2D eigenvalue weighted by Gasteiger charge is 2.26. The van der Waals surface area contributed by atoms with Crippen molar-refractivity contribution in [2.75, 3.05) is 31.1 Å². The topological polar surface area (TPSA) is 58.4 Å². The molecule has 0 radical (unpaired) electrons. The van der Waals surface area contributed by atoms with Gasteiger partial charge in [0.05, 0.1) is 0 Å². The fraction of sp³-hybridized carbons (Fsp3) is 0.318. The molecule has 1 aliphatic rings. The molecular weight excluding hydrogens is 384 g/mol. The summed E-state index contributed by atoms with van der Waals surface area (Å²) in [7, 11) is 0. The molecule has 1 aromatic carbocycles. The maximum atomic E-state index is 13.1. The van der Waals surface area contributed by atoms with Crippen LogP contribution in [-0.4, -0.2) is 46.5 Å². The quantitative estimate of drug-likeness (QED) is 0.651. The number of pyridine rings is 1. The van der Waals surface area contributed by atoms with Crippen molar-refractivity contribution in [3.63, 3.8) is 0 Å². The Labute approximate surface area is 174 Å². The predicted molar refractivity (Wildman–Crippen MR) is 116 cm³/mol. The molecule has 0 atom stereocenters. The summed E-state index contributed by atoms with van der Waals surface area (Å²) in [6, 6.07) is 11.9. The van der Waals surface area contributed by atoms with Gasteiger partial charge in [0.25, 0.3) is 11.5 Å². The number of benzene rings is 1. The maximum absolute atomic E-state index is 13.1. The zero-order valence-electron chi connectivity index (χ0n) is 16.5. The van der Waals surface area contributed by atoms with E-state index in [2.05, 4.69) is 9.88 Å². The van der Waals surface area contributed by atoms with Gasteiger partial charge in [0.1, 0.15) is 5.56 Å². The van der Waals surface area contributed by atoms with Crippen molar-refractivity contribution in [1.29, 1.82) is 0 Å². The van der Waals surface area contributed by atoms with Gasteiger partial charge in [0.2, 0.25) is 0 Å². The minimum Gasteiger partial charge on any atom is -0.345 e. The van der Waals surface area contributed by atoms with E-state index < -0.39 is 0 Å². The van der Waals surface area contributed by atoms with Crippen molar-refractivity contribution in [2.24, 2.45) is 0 Å². The van der Waals surface area contributed by atoms with Crippen molar-refractivity contribution in [3.05, 3.63) is 81.2 Å².